The fourth-order valence-corrected chi connectivity index (χ4v) is 4.17. The normalized spacial score (nSPS) is 11.2. The van der Waals surface area contributed by atoms with Crippen LogP contribution in [0.3, 0.4) is 0 Å². The third kappa shape index (κ3) is 5.22. The van der Waals surface area contributed by atoms with E-state index in [2.05, 4.69) is 9.88 Å². The first-order chi connectivity index (χ1) is 13.5. The van der Waals surface area contributed by atoms with E-state index in [1.165, 1.54) is 11.3 Å². The van der Waals surface area contributed by atoms with Gasteiger partial charge in [-0.15, -0.1) is 0 Å². The van der Waals surface area contributed by atoms with Crippen molar-refractivity contribution in [2.45, 2.75) is 12.8 Å². The lowest BCUT2D eigenvalue weighted by molar-refractivity contribution is -0.118. The highest BCUT2D eigenvalue weighted by molar-refractivity contribution is 7.22. The lowest BCUT2D eigenvalue weighted by atomic mass is 10.1. The highest BCUT2D eigenvalue weighted by atomic mass is 35.5. The second kappa shape index (κ2) is 9.37. The van der Waals surface area contributed by atoms with Gasteiger partial charge in [-0.25, -0.2) is 4.98 Å². The number of amides is 1. The zero-order valence-electron chi connectivity index (χ0n) is 16.3. The van der Waals surface area contributed by atoms with E-state index in [1.54, 1.807) is 12.0 Å². The molecule has 0 bridgehead atoms. The molecule has 2 aromatic carbocycles. The van der Waals surface area contributed by atoms with E-state index in [0.29, 0.717) is 18.0 Å². The van der Waals surface area contributed by atoms with E-state index >= 15 is 0 Å². The number of fused-ring (bicyclic) bond motifs is 1. The number of nitrogens with zero attached hydrogens (tertiary/aromatic N) is 3. The van der Waals surface area contributed by atoms with Gasteiger partial charge in [-0.1, -0.05) is 35.1 Å². The monoisotopic (exact) mass is 417 g/mol. The molecule has 1 aromatic heterocycles. The maximum atomic E-state index is 13.1. The van der Waals surface area contributed by atoms with Crippen LogP contribution in [0.1, 0.15) is 12.0 Å². The lowest BCUT2D eigenvalue weighted by Crippen LogP contribution is -2.34. The summed E-state index contributed by atoms with van der Waals surface area (Å²) in [4.78, 5) is 21.7. The molecule has 1 amide bonds. The summed E-state index contributed by atoms with van der Waals surface area (Å²) in [6.07, 6.45) is 1.20. The summed E-state index contributed by atoms with van der Waals surface area (Å²) in [6, 6.07) is 13.2. The molecule has 3 rings (SSSR count). The van der Waals surface area contributed by atoms with Crippen LogP contribution in [0.4, 0.5) is 5.13 Å². The molecule has 0 radical (unpaired) electrons. The molecule has 148 valence electrons. The molecule has 0 aliphatic carbocycles. The van der Waals surface area contributed by atoms with Gasteiger partial charge in [0.1, 0.15) is 5.75 Å². The first-order valence-corrected chi connectivity index (χ1v) is 10.3. The van der Waals surface area contributed by atoms with E-state index in [4.69, 9.17) is 16.3 Å². The van der Waals surface area contributed by atoms with Gasteiger partial charge in [0.2, 0.25) is 5.91 Å². The van der Waals surface area contributed by atoms with Gasteiger partial charge in [0.15, 0.2) is 5.13 Å². The number of thiazole rings is 1. The van der Waals surface area contributed by atoms with Crippen LogP contribution in [0.2, 0.25) is 5.02 Å². The number of anilines is 1. The zero-order valence-corrected chi connectivity index (χ0v) is 17.9. The van der Waals surface area contributed by atoms with Crippen LogP contribution < -0.4 is 9.64 Å². The van der Waals surface area contributed by atoms with Crippen molar-refractivity contribution in [1.29, 1.82) is 0 Å². The van der Waals surface area contributed by atoms with E-state index in [9.17, 15) is 4.79 Å². The smallest absolute Gasteiger partial charge is 0.233 e. The Kier molecular flexibility index (Phi) is 6.88. The minimum Gasteiger partial charge on any atom is -0.497 e. The first-order valence-electron chi connectivity index (χ1n) is 9.10. The third-order valence-electron chi connectivity index (χ3n) is 4.37. The number of carbonyl (C=O) groups excluding carboxylic acids is 1. The zero-order chi connectivity index (χ0) is 20.1. The third-order valence-corrected chi connectivity index (χ3v) is 5.65. The van der Waals surface area contributed by atoms with Crippen LogP contribution in [-0.2, 0) is 11.2 Å². The topological polar surface area (TPSA) is 45.7 Å². The Balaban J connectivity index is 1.82. The van der Waals surface area contributed by atoms with E-state index in [-0.39, 0.29) is 5.91 Å². The predicted molar refractivity (Wildman–Crippen MR) is 117 cm³/mol. The predicted octanol–water partition coefficient (Wildman–Crippen LogP) is 4.49. The van der Waals surface area contributed by atoms with Gasteiger partial charge in [-0.05, 0) is 63.0 Å². The molecule has 1 heterocycles. The Bertz CT molecular complexity index is 940. The Labute approximate surface area is 174 Å². The molecule has 0 saturated carbocycles. The number of benzene rings is 2. The van der Waals surface area contributed by atoms with E-state index in [1.807, 2.05) is 56.6 Å². The van der Waals surface area contributed by atoms with Crippen molar-refractivity contribution in [1.82, 2.24) is 9.88 Å². The Hall–Kier alpha value is -2.15. The largest absolute Gasteiger partial charge is 0.497 e. The van der Waals surface area contributed by atoms with Crippen LogP contribution >= 0.6 is 22.9 Å². The van der Waals surface area contributed by atoms with Gasteiger partial charge < -0.3 is 9.64 Å². The van der Waals surface area contributed by atoms with Crippen molar-refractivity contribution in [3.63, 3.8) is 0 Å². The second-order valence-corrected chi connectivity index (χ2v) is 8.28. The summed E-state index contributed by atoms with van der Waals surface area (Å²) in [5.41, 5.74) is 1.81. The van der Waals surface area contributed by atoms with Crippen LogP contribution in [0.25, 0.3) is 10.2 Å². The van der Waals surface area contributed by atoms with Crippen molar-refractivity contribution in [3.05, 3.63) is 53.1 Å². The van der Waals surface area contributed by atoms with Gasteiger partial charge in [0, 0.05) is 11.6 Å². The number of methoxy groups -OCH3 is 1. The maximum absolute atomic E-state index is 13.1. The highest BCUT2D eigenvalue weighted by Gasteiger charge is 2.20. The van der Waals surface area contributed by atoms with Crippen molar-refractivity contribution < 1.29 is 9.53 Å². The first kappa shape index (κ1) is 20.6. The molecule has 0 fully saturated rings. The van der Waals surface area contributed by atoms with Gasteiger partial charge in [-0.3, -0.25) is 9.69 Å². The number of aromatic nitrogens is 1. The minimum atomic E-state index is 0.0362. The molecule has 28 heavy (non-hydrogen) atoms. The van der Waals surface area contributed by atoms with E-state index < -0.39 is 0 Å². The molecular weight excluding hydrogens is 394 g/mol. The van der Waals surface area contributed by atoms with Crippen molar-refractivity contribution in [2.24, 2.45) is 0 Å². The average Bonchev–Trinajstić information content (AvgIpc) is 3.08. The fourth-order valence-electron chi connectivity index (χ4n) is 2.89. The quantitative estimate of drug-likeness (QED) is 0.542. The summed E-state index contributed by atoms with van der Waals surface area (Å²) in [6.45, 7) is 1.53. The summed E-state index contributed by atoms with van der Waals surface area (Å²) < 4.78 is 6.17. The number of hydrogen-bond donors (Lipinski definition) is 0. The van der Waals surface area contributed by atoms with Crippen LogP contribution in [0.15, 0.2) is 42.5 Å². The number of ether oxygens (including phenoxy) is 1. The van der Waals surface area contributed by atoms with Gasteiger partial charge >= 0.3 is 0 Å². The summed E-state index contributed by atoms with van der Waals surface area (Å²) in [5.74, 6) is 0.816. The highest BCUT2D eigenvalue weighted by Crippen LogP contribution is 2.31. The molecular formula is C21H24ClN3O2S. The maximum Gasteiger partial charge on any atom is 0.233 e. The fraction of sp³-hybridized carbons (Fsp3) is 0.333. The van der Waals surface area contributed by atoms with Crippen molar-refractivity contribution in [3.8, 4) is 5.75 Å². The summed E-state index contributed by atoms with van der Waals surface area (Å²) in [7, 11) is 5.69. The Morgan fingerprint density at radius 3 is 2.57 bits per heavy atom. The number of rotatable bonds is 8. The van der Waals surface area contributed by atoms with E-state index in [0.717, 1.165) is 39.6 Å². The minimum absolute atomic E-state index is 0.0362. The number of carbonyl (C=O) groups is 1. The number of halogens is 1. The molecule has 0 N–H and O–H groups in total. The molecule has 3 aromatic rings. The SMILES string of the molecule is COc1ccc(CC(=O)N(CCCN(C)C)c2nc3ccc(Cl)cc3s2)cc1. The standard InChI is InChI=1S/C21H24ClN3O2S/c1-24(2)11-4-12-25(20(26)13-15-5-8-17(27-3)9-6-15)21-23-18-10-7-16(22)14-19(18)28-21/h5-10,14H,4,11-13H2,1-3H3. The second-order valence-electron chi connectivity index (χ2n) is 6.84. The molecule has 5 nitrogen and oxygen atoms in total. The van der Waals surface area contributed by atoms with Gasteiger partial charge in [0.05, 0.1) is 23.7 Å². The number of hydrogen-bond acceptors (Lipinski definition) is 5. The summed E-state index contributed by atoms with van der Waals surface area (Å²) >= 11 is 7.60. The molecule has 0 saturated heterocycles. The molecule has 0 unspecified atom stereocenters. The molecule has 0 aliphatic rings. The lowest BCUT2D eigenvalue weighted by Gasteiger charge is -2.21. The Morgan fingerprint density at radius 2 is 1.89 bits per heavy atom. The van der Waals surface area contributed by atoms with Crippen LogP contribution in [0.5, 0.6) is 5.75 Å². The Morgan fingerprint density at radius 1 is 1.14 bits per heavy atom. The average molecular weight is 418 g/mol. The summed E-state index contributed by atoms with van der Waals surface area (Å²) in [5, 5.41) is 1.39. The molecule has 0 atom stereocenters. The molecule has 0 aliphatic heterocycles. The van der Waals surface area contributed by atoms with Crippen molar-refractivity contribution >= 4 is 44.2 Å². The van der Waals surface area contributed by atoms with Crippen LogP contribution in [0, 0.1) is 0 Å². The van der Waals surface area contributed by atoms with Gasteiger partial charge in [0.25, 0.3) is 0 Å². The van der Waals surface area contributed by atoms with Crippen molar-refractivity contribution in [2.75, 3.05) is 39.2 Å². The molecule has 0 spiro atoms. The van der Waals surface area contributed by atoms with Gasteiger partial charge in [-0.2, -0.15) is 0 Å². The van der Waals surface area contributed by atoms with Crippen LogP contribution in [-0.4, -0.2) is 50.1 Å². The molecule has 7 heteroatoms.